The largest absolute Gasteiger partial charge is 0.336 e. The minimum Gasteiger partial charge on any atom is -0.336 e. The van der Waals surface area contributed by atoms with Crippen molar-refractivity contribution in [3.05, 3.63) is 54.6 Å². The highest BCUT2D eigenvalue weighted by Gasteiger charge is 2.26. The van der Waals surface area contributed by atoms with E-state index in [0.717, 1.165) is 32.5 Å². The maximum Gasteiger partial charge on any atom is 0.315 e. The summed E-state index contributed by atoms with van der Waals surface area (Å²) in [5.74, 6) is 0. The third kappa shape index (κ3) is 5.32. The van der Waals surface area contributed by atoms with Crippen LogP contribution >= 0.6 is 0 Å². The van der Waals surface area contributed by atoms with Crippen LogP contribution in [0.4, 0.5) is 4.79 Å². The molecule has 2 N–H and O–H groups in total. The van der Waals surface area contributed by atoms with Gasteiger partial charge in [-0.25, -0.2) is 9.78 Å². The van der Waals surface area contributed by atoms with Crippen LogP contribution in [-0.4, -0.2) is 45.7 Å². The predicted molar refractivity (Wildman–Crippen MR) is 98.1 cm³/mol. The normalized spacial score (nSPS) is 21.0. The Hall–Kier alpha value is -2.34. The van der Waals surface area contributed by atoms with Crippen LogP contribution in [-0.2, 0) is 13.1 Å². The van der Waals surface area contributed by atoms with E-state index in [-0.39, 0.29) is 12.1 Å². The molecule has 6 heteroatoms. The van der Waals surface area contributed by atoms with E-state index in [9.17, 15) is 4.79 Å². The first kappa shape index (κ1) is 17.5. The smallest absolute Gasteiger partial charge is 0.315 e. The van der Waals surface area contributed by atoms with Crippen molar-refractivity contribution in [1.29, 1.82) is 0 Å². The summed E-state index contributed by atoms with van der Waals surface area (Å²) in [7, 11) is 0. The lowest BCUT2D eigenvalue weighted by Gasteiger charge is -2.38. The van der Waals surface area contributed by atoms with E-state index in [4.69, 9.17) is 0 Å². The Balaban J connectivity index is 1.38. The number of rotatable bonds is 6. The lowest BCUT2D eigenvalue weighted by molar-refractivity contribution is 0.130. The summed E-state index contributed by atoms with van der Waals surface area (Å²) >= 11 is 0. The molecule has 2 aromatic rings. The molecule has 0 radical (unpaired) electrons. The second-order valence-electron chi connectivity index (χ2n) is 6.73. The van der Waals surface area contributed by atoms with Crippen LogP contribution in [0.25, 0.3) is 0 Å². The SMILES string of the molecule is C[C@@H]1C[C@@H](NC(=O)NCCn2ccnc2)CCN1Cc1ccccc1. The van der Waals surface area contributed by atoms with Crippen LogP contribution in [0.5, 0.6) is 0 Å². The number of hydrogen-bond donors (Lipinski definition) is 2. The first-order valence-corrected chi connectivity index (χ1v) is 8.99. The highest BCUT2D eigenvalue weighted by Crippen LogP contribution is 2.19. The molecule has 2 heterocycles. The van der Waals surface area contributed by atoms with Gasteiger partial charge in [-0.2, -0.15) is 0 Å². The van der Waals surface area contributed by atoms with E-state index in [0.29, 0.717) is 12.6 Å². The van der Waals surface area contributed by atoms with Gasteiger partial charge < -0.3 is 15.2 Å². The second kappa shape index (κ2) is 8.67. The van der Waals surface area contributed by atoms with Crippen LogP contribution in [0.15, 0.2) is 49.1 Å². The number of carbonyl (C=O) groups excluding carboxylic acids is 1. The van der Waals surface area contributed by atoms with Crippen LogP contribution < -0.4 is 10.6 Å². The van der Waals surface area contributed by atoms with Gasteiger partial charge in [0.05, 0.1) is 6.33 Å². The van der Waals surface area contributed by atoms with Gasteiger partial charge in [0.15, 0.2) is 0 Å². The Morgan fingerprint density at radius 2 is 2.16 bits per heavy atom. The van der Waals surface area contributed by atoms with E-state index in [1.807, 2.05) is 10.8 Å². The van der Waals surface area contributed by atoms with Crippen molar-refractivity contribution >= 4 is 6.03 Å². The molecular weight excluding hydrogens is 314 g/mol. The molecule has 134 valence electrons. The summed E-state index contributed by atoms with van der Waals surface area (Å²) in [5.41, 5.74) is 1.35. The third-order valence-corrected chi connectivity index (χ3v) is 4.79. The van der Waals surface area contributed by atoms with Crippen LogP contribution in [0.2, 0.25) is 0 Å². The zero-order valence-corrected chi connectivity index (χ0v) is 14.8. The van der Waals surface area contributed by atoms with E-state index >= 15 is 0 Å². The summed E-state index contributed by atoms with van der Waals surface area (Å²) in [6.45, 7) is 5.57. The fourth-order valence-corrected chi connectivity index (χ4v) is 3.36. The van der Waals surface area contributed by atoms with Crippen LogP contribution in [0, 0.1) is 0 Å². The van der Waals surface area contributed by atoms with Crippen molar-refractivity contribution < 1.29 is 4.79 Å². The highest BCUT2D eigenvalue weighted by molar-refractivity contribution is 5.74. The Morgan fingerprint density at radius 1 is 1.32 bits per heavy atom. The highest BCUT2D eigenvalue weighted by atomic mass is 16.2. The van der Waals surface area contributed by atoms with E-state index in [1.165, 1.54) is 5.56 Å². The minimum absolute atomic E-state index is 0.0752. The van der Waals surface area contributed by atoms with Crippen molar-refractivity contribution in [2.75, 3.05) is 13.1 Å². The Bertz CT molecular complexity index is 643. The van der Waals surface area contributed by atoms with Crippen LogP contribution in [0.3, 0.4) is 0 Å². The number of likely N-dealkylation sites (tertiary alicyclic amines) is 1. The Kier molecular flexibility index (Phi) is 6.06. The number of benzene rings is 1. The van der Waals surface area contributed by atoms with E-state index in [1.54, 1.807) is 12.5 Å². The Labute approximate surface area is 149 Å². The van der Waals surface area contributed by atoms with Crippen molar-refractivity contribution in [3.63, 3.8) is 0 Å². The number of nitrogens with one attached hydrogen (secondary N) is 2. The first-order chi connectivity index (χ1) is 12.2. The zero-order chi connectivity index (χ0) is 17.5. The molecule has 3 rings (SSSR count). The number of aromatic nitrogens is 2. The van der Waals surface area contributed by atoms with Crippen LogP contribution in [0.1, 0.15) is 25.3 Å². The van der Waals surface area contributed by atoms with Gasteiger partial charge in [0, 0.05) is 50.7 Å². The standard InChI is InChI=1S/C19H27N5O/c1-16-13-18(7-10-24(16)14-17-5-3-2-4-6-17)22-19(25)21-9-12-23-11-8-20-15-23/h2-6,8,11,15-16,18H,7,9-10,12-14H2,1H3,(H2,21,22,25)/t16-,18+/m1/s1. The molecule has 2 atom stereocenters. The molecule has 0 unspecified atom stereocenters. The molecule has 6 nitrogen and oxygen atoms in total. The van der Waals surface area contributed by atoms with Gasteiger partial charge in [0.25, 0.3) is 0 Å². The second-order valence-corrected chi connectivity index (χ2v) is 6.73. The number of nitrogens with zero attached hydrogens (tertiary/aromatic N) is 3. The molecule has 1 aliphatic heterocycles. The fourth-order valence-electron chi connectivity index (χ4n) is 3.36. The third-order valence-electron chi connectivity index (χ3n) is 4.79. The Morgan fingerprint density at radius 3 is 2.88 bits per heavy atom. The van der Waals surface area contributed by atoms with Crippen molar-refractivity contribution in [2.45, 2.75) is 44.9 Å². The average Bonchev–Trinajstić information content (AvgIpc) is 3.12. The first-order valence-electron chi connectivity index (χ1n) is 8.99. The van der Waals surface area contributed by atoms with Gasteiger partial charge in [-0.3, -0.25) is 4.90 Å². The lowest BCUT2D eigenvalue weighted by Crippen LogP contribution is -2.51. The molecule has 1 aliphatic rings. The number of carbonyl (C=O) groups is 1. The lowest BCUT2D eigenvalue weighted by atomic mass is 9.97. The van der Waals surface area contributed by atoms with Crippen molar-refractivity contribution in [2.24, 2.45) is 0 Å². The summed E-state index contributed by atoms with van der Waals surface area (Å²) in [6.07, 6.45) is 7.37. The molecule has 0 spiro atoms. The molecule has 1 aromatic carbocycles. The number of imidazole rings is 1. The van der Waals surface area contributed by atoms with E-state index < -0.39 is 0 Å². The maximum atomic E-state index is 12.1. The van der Waals surface area contributed by atoms with Gasteiger partial charge in [-0.15, -0.1) is 0 Å². The topological polar surface area (TPSA) is 62.2 Å². The molecule has 0 saturated carbocycles. The average molecular weight is 341 g/mol. The van der Waals surface area contributed by atoms with E-state index in [2.05, 4.69) is 57.8 Å². The number of urea groups is 1. The number of amides is 2. The van der Waals surface area contributed by atoms with Gasteiger partial charge in [-0.05, 0) is 25.3 Å². The molecule has 1 aromatic heterocycles. The van der Waals surface area contributed by atoms with Crippen molar-refractivity contribution in [1.82, 2.24) is 25.1 Å². The quantitative estimate of drug-likeness (QED) is 0.847. The monoisotopic (exact) mass is 341 g/mol. The van der Waals surface area contributed by atoms with Gasteiger partial charge in [0.1, 0.15) is 0 Å². The minimum atomic E-state index is -0.0752. The summed E-state index contributed by atoms with van der Waals surface area (Å²) < 4.78 is 1.95. The molecule has 0 aliphatic carbocycles. The molecule has 2 amide bonds. The van der Waals surface area contributed by atoms with Crippen molar-refractivity contribution in [3.8, 4) is 0 Å². The molecule has 1 fully saturated rings. The summed E-state index contributed by atoms with van der Waals surface area (Å²) in [4.78, 5) is 18.5. The van der Waals surface area contributed by atoms with Gasteiger partial charge >= 0.3 is 6.03 Å². The number of piperidine rings is 1. The maximum absolute atomic E-state index is 12.1. The van der Waals surface area contributed by atoms with Gasteiger partial charge in [0.2, 0.25) is 0 Å². The molecule has 0 bridgehead atoms. The fraction of sp³-hybridized carbons (Fsp3) is 0.474. The predicted octanol–water partition coefficient (Wildman–Crippen LogP) is 2.24. The number of hydrogen-bond acceptors (Lipinski definition) is 3. The zero-order valence-electron chi connectivity index (χ0n) is 14.8. The van der Waals surface area contributed by atoms with Gasteiger partial charge in [-0.1, -0.05) is 30.3 Å². The molecule has 25 heavy (non-hydrogen) atoms. The molecule has 1 saturated heterocycles. The molecular formula is C19H27N5O. The summed E-state index contributed by atoms with van der Waals surface area (Å²) in [6, 6.07) is 11.2. The summed E-state index contributed by atoms with van der Waals surface area (Å²) in [5, 5.41) is 6.03.